The maximum Gasteiger partial charge on any atom is 0.154 e. The Kier molecular flexibility index (Phi) is 2.15. The van der Waals surface area contributed by atoms with Gasteiger partial charge in [0.1, 0.15) is 0 Å². The molecule has 0 saturated carbocycles. The fraction of sp³-hybridized carbons (Fsp3) is 0.333. The van der Waals surface area contributed by atoms with Gasteiger partial charge in [-0.2, -0.15) is 0 Å². The van der Waals surface area contributed by atoms with Crippen LogP contribution in [0.1, 0.15) is 11.1 Å². The smallest absolute Gasteiger partial charge is 0.0849 e. The van der Waals surface area contributed by atoms with Crippen molar-refractivity contribution in [2.45, 2.75) is 20.7 Å². The third-order valence-corrected chi connectivity index (χ3v) is 1.98. The van der Waals surface area contributed by atoms with Gasteiger partial charge in [0.25, 0.3) is 0 Å². The highest BCUT2D eigenvalue weighted by Gasteiger charge is 1.92. The van der Waals surface area contributed by atoms with Crippen LogP contribution in [0.2, 0.25) is 6.82 Å². The van der Waals surface area contributed by atoms with E-state index in [2.05, 4.69) is 38.9 Å². The van der Waals surface area contributed by atoms with E-state index in [9.17, 15) is 0 Å². The molecule has 0 nitrogen and oxygen atoms in total. The van der Waals surface area contributed by atoms with Gasteiger partial charge in [-0.1, -0.05) is 30.5 Å². The predicted molar refractivity (Wildman–Crippen MR) is 48.6 cm³/mol. The highest BCUT2D eigenvalue weighted by Crippen LogP contribution is 2.01. The predicted octanol–water partition coefficient (Wildman–Crippen LogP) is 1.41. The number of hydrogen-bond donors (Lipinski definition) is 0. The van der Waals surface area contributed by atoms with Crippen LogP contribution in [0.15, 0.2) is 18.2 Å². The van der Waals surface area contributed by atoms with E-state index >= 15 is 0 Å². The van der Waals surface area contributed by atoms with Crippen molar-refractivity contribution in [1.29, 1.82) is 0 Å². The summed E-state index contributed by atoms with van der Waals surface area (Å²) >= 11 is 0. The Morgan fingerprint density at radius 1 is 1.10 bits per heavy atom. The molecule has 1 aromatic rings. The SMILES string of the molecule is CBc1ccc(C)c(C)c1. The monoisotopic (exact) mass is 132 g/mol. The summed E-state index contributed by atoms with van der Waals surface area (Å²) in [6.07, 6.45) is 0. The molecule has 0 aliphatic heterocycles. The molecular weight excluding hydrogens is 119 g/mol. The average Bonchev–Trinajstić information content (AvgIpc) is 1.95. The summed E-state index contributed by atoms with van der Waals surface area (Å²) < 4.78 is 0. The van der Waals surface area contributed by atoms with Crippen molar-refractivity contribution in [2.75, 3.05) is 0 Å². The lowest BCUT2D eigenvalue weighted by molar-refractivity contribution is 1.35. The van der Waals surface area contributed by atoms with Crippen LogP contribution in [0.25, 0.3) is 0 Å². The Hall–Kier alpha value is -0.715. The third-order valence-electron chi connectivity index (χ3n) is 1.98. The van der Waals surface area contributed by atoms with Gasteiger partial charge in [-0.15, -0.1) is 0 Å². The first-order chi connectivity index (χ1) is 4.74. The lowest BCUT2D eigenvalue weighted by Gasteiger charge is -2.00. The van der Waals surface area contributed by atoms with Crippen LogP contribution in [0, 0.1) is 13.8 Å². The first-order valence-corrected chi connectivity index (χ1v) is 3.80. The van der Waals surface area contributed by atoms with Crippen molar-refractivity contribution in [3.05, 3.63) is 29.3 Å². The lowest BCUT2D eigenvalue weighted by atomic mass is 9.73. The summed E-state index contributed by atoms with van der Waals surface area (Å²) in [7, 11) is 1.14. The van der Waals surface area contributed by atoms with E-state index in [0.717, 1.165) is 7.28 Å². The van der Waals surface area contributed by atoms with Crippen molar-refractivity contribution in [3.8, 4) is 0 Å². The summed E-state index contributed by atoms with van der Waals surface area (Å²) in [5.74, 6) is 0. The van der Waals surface area contributed by atoms with Gasteiger partial charge in [-0.05, 0) is 25.0 Å². The zero-order chi connectivity index (χ0) is 7.56. The van der Waals surface area contributed by atoms with Crippen LogP contribution in [-0.4, -0.2) is 7.28 Å². The van der Waals surface area contributed by atoms with E-state index in [0.29, 0.717) is 0 Å². The number of rotatable bonds is 1. The fourth-order valence-electron chi connectivity index (χ4n) is 1.02. The second kappa shape index (κ2) is 2.91. The zero-order valence-electron chi connectivity index (χ0n) is 6.94. The van der Waals surface area contributed by atoms with Gasteiger partial charge in [0, 0.05) is 0 Å². The van der Waals surface area contributed by atoms with Crippen LogP contribution >= 0.6 is 0 Å². The normalized spacial score (nSPS) is 9.50. The first-order valence-electron chi connectivity index (χ1n) is 3.80. The van der Waals surface area contributed by atoms with Gasteiger partial charge in [0.15, 0.2) is 7.28 Å². The summed E-state index contributed by atoms with van der Waals surface area (Å²) in [6, 6.07) is 6.64. The van der Waals surface area contributed by atoms with Crippen molar-refractivity contribution in [2.24, 2.45) is 0 Å². The average molecular weight is 132 g/mol. The second-order valence-electron chi connectivity index (χ2n) is 2.77. The topological polar surface area (TPSA) is 0 Å². The van der Waals surface area contributed by atoms with Gasteiger partial charge in [0.05, 0.1) is 0 Å². The second-order valence-corrected chi connectivity index (χ2v) is 2.77. The molecule has 1 heteroatoms. The van der Waals surface area contributed by atoms with E-state index in [-0.39, 0.29) is 0 Å². The molecule has 0 saturated heterocycles. The van der Waals surface area contributed by atoms with Crippen LogP contribution in [-0.2, 0) is 0 Å². The molecule has 10 heavy (non-hydrogen) atoms. The number of hydrogen-bond acceptors (Lipinski definition) is 0. The maximum absolute atomic E-state index is 2.26. The minimum Gasteiger partial charge on any atom is -0.0849 e. The van der Waals surface area contributed by atoms with Crippen molar-refractivity contribution in [1.82, 2.24) is 0 Å². The molecular formula is C9H13B. The standard InChI is InChI=1S/C9H13B/c1-7-4-5-9(10-3)6-8(7)2/h4-6,10H,1-3H3. The van der Waals surface area contributed by atoms with Crippen LogP contribution in [0.4, 0.5) is 0 Å². The highest BCUT2D eigenvalue weighted by atomic mass is 13.9. The molecule has 0 N–H and O–H groups in total. The molecule has 0 bridgehead atoms. The number of benzene rings is 1. The van der Waals surface area contributed by atoms with Gasteiger partial charge >= 0.3 is 0 Å². The molecule has 0 atom stereocenters. The molecule has 1 rings (SSSR count). The van der Waals surface area contributed by atoms with E-state index in [1.807, 2.05) is 0 Å². The van der Waals surface area contributed by atoms with Crippen LogP contribution in [0.5, 0.6) is 0 Å². The molecule has 0 amide bonds. The maximum atomic E-state index is 2.26. The number of aryl methyl sites for hydroxylation is 2. The highest BCUT2D eigenvalue weighted by molar-refractivity contribution is 6.51. The van der Waals surface area contributed by atoms with E-state index < -0.39 is 0 Å². The summed E-state index contributed by atoms with van der Waals surface area (Å²) in [4.78, 5) is 0. The van der Waals surface area contributed by atoms with E-state index in [1.54, 1.807) is 0 Å². The van der Waals surface area contributed by atoms with Crippen LogP contribution in [0.3, 0.4) is 0 Å². The quantitative estimate of drug-likeness (QED) is 0.507. The Bertz CT molecular complexity index is 228. The Morgan fingerprint density at radius 3 is 2.30 bits per heavy atom. The Labute approximate surface area is 63.5 Å². The summed E-state index contributed by atoms with van der Waals surface area (Å²) in [5.41, 5.74) is 4.22. The molecule has 0 unspecified atom stereocenters. The molecule has 0 heterocycles. The minimum atomic E-state index is 1.14. The Morgan fingerprint density at radius 2 is 1.80 bits per heavy atom. The van der Waals surface area contributed by atoms with Crippen LogP contribution < -0.4 is 5.46 Å². The fourth-order valence-corrected chi connectivity index (χ4v) is 1.02. The molecule has 0 aromatic heterocycles. The van der Waals surface area contributed by atoms with E-state index in [4.69, 9.17) is 0 Å². The molecule has 0 fully saturated rings. The van der Waals surface area contributed by atoms with Crippen molar-refractivity contribution < 1.29 is 0 Å². The molecule has 52 valence electrons. The summed E-state index contributed by atoms with van der Waals surface area (Å²) in [6.45, 7) is 6.49. The Balaban J connectivity index is 3.04. The molecule has 1 aromatic carbocycles. The van der Waals surface area contributed by atoms with Gasteiger partial charge in [-0.25, -0.2) is 0 Å². The molecule has 0 aliphatic carbocycles. The van der Waals surface area contributed by atoms with Gasteiger partial charge < -0.3 is 0 Å². The summed E-state index contributed by atoms with van der Waals surface area (Å²) in [5, 5.41) is 0. The lowest BCUT2D eigenvalue weighted by Crippen LogP contribution is -2.10. The third kappa shape index (κ3) is 1.41. The van der Waals surface area contributed by atoms with Crippen molar-refractivity contribution >= 4 is 12.7 Å². The van der Waals surface area contributed by atoms with E-state index in [1.165, 1.54) is 16.6 Å². The van der Waals surface area contributed by atoms with Crippen molar-refractivity contribution in [3.63, 3.8) is 0 Å². The first kappa shape index (κ1) is 7.39. The molecule has 0 aliphatic rings. The molecule has 0 spiro atoms. The van der Waals surface area contributed by atoms with Gasteiger partial charge in [0.2, 0.25) is 0 Å². The zero-order valence-corrected chi connectivity index (χ0v) is 6.94. The largest absolute Gasteiger partial charge is 0.154 e. The van der Waals surface area contributed by atoms with Gasteiger partial charge in [-0.3, -0.25) is 0 Å². The minimum absolute atomic E-state index is 1.14. The molecule has 0 radical (unpaired) electrons.